The molecule has 0 bridgehead atoms. The van der Waals surface area contributed by atoms with Crippen LogP contribution in [0.2, 0.25) is 0 Å². The summed E-state index contributed by atoms with van der Waals surface area (Å²) in [6, 6.07) is 5.72. The van der Waals surface area contributed by atoms with E-state index in [1.165, 1.54) is 0 Å². The lowest BCUT2D eigenvalue weighted by Crippen LogP contribution is -2.37. The zero-order valence-electron chi connectivity index (χ0n) is 13.9. The van der Waals surface area contributed by atoms with Gasteiger partial charge in [-0.1, -0.05) is 13.0 Å². The van der Waals surface area contributed by atoms with E-state index < -0.39 is 0 Å². The maximum Gasteiger partial charge on any atom is 0.257 e. The molecule has 3 rings (SSSR count). The van der Waals surface area contributed by atoms with Crippen molar-refractivity contribution in [2.24, 2.45) is 0 Å². The van der Waals surface area contributed by atoms with E-state index in [1.807, 2.05) is 25.1 Å². The highest BCUT2D eigenvalue weighted by Crippen LogP contribution is 2.16. The van der Waals surface area contributed by atoms with Gasteiger partial charge in [-0.05, 0) is 25.0 Å². The molecule has 1 atom stereocenters. The fraction of sp³-hybridized carbons (Fsp3) is 0.444. The van der Waals surface area contributed by atoms with Gasteiger partial charge in [-0.15, -0.1) is 0 Å². The molecule has 1 saturated heterocycles. The molecular formula is C18H22N4O2. The molecular weight excluding hydrogens is 304 g/mol. The summed E-state index contributed by atoms with van der Waals surface area (Å²) in [6.45, 7) is 3.77. The molecule has 0 aromatic carbocycles. The molecule has 0 aliphatic carbocycles. The Labute approximate surface area is 141 Å². The van der Waals surface area contributed by atoms with Crippen LogP contribution < -0.4 is 0 Å². The molecule has 0 unspecified atom stereocenters. The van der Waals surface area contributed by atoms with Crippen molar-refractivity contribution in [1.82, 2.24) is 19.9 Å². The average molecular weight is 326 g/mol. The van der Waals surface area contributed by atoms with Gasteiger partial charge >= 0.3 is 0 Å². The summed E-state index contributed by atoms with van der Waals surface area (Å²) in [5, 5.41) is 0. The van der Waals surface area contributed by atoms with Crippen LogP contribution in [0.3, 0.4) is 0 Å². The third-order valence-electron chi connectivity index (χ3n) is 4.08. The molecule has 3 heterocycles. The van der Waals surface area contributed by atoms with E-state index >= 15 is 0 Å². The lowest BCUT2D eigenvalue weighted by atomic mass is 10.2. The van der Waals surface area contributed by atoms with Gasteiger partial charge in [-0.3, -0.25) is 9.78 Å². The minimum atomic E-state index is -0.0844. The molecule has 6 nitrogen and oxygen atoms in total. The first-order valence-corrected chi connectivity index (χ1v) is 8.38. The maximum atomic E-state index is 12.9. The molecule has 6 heteroatoms. The standard InChI is InChI=1S/C18H22N4O2/c1-2-17-20-10-14(11-21-17)18(23)22(13-16-7-5-9-24-16)12-15-6-3-4-8-19-15/h3-4,6,8,10-11,16H,2,5,7,9,12-13H2,1H3/t16-/m1/s1. The normalized spacial score (nSPS) is 17.0. The molecule has 2 aromatic heterocycles. The minimum Gasteiger partial charge on any atom is -0.376 e. The van der Waals surface area contributed by atoms with Gasteiger partial charge in [-0.25, -0.2) is 9.97 Å². The van der Waals surface area contributed by atoms with E-state index in [0.29, 0.717) is 18.7 Å². The van der Waals surface area contributed by atoms with Gasteiger partial charge in [0.25, 0.3) is 5.91 Å². The summed E-state index contributed by atoms with van der Waals surface area (Å²) in [4.78, 5) is 27.5. The molecule has 1 amide bonds. The van der Waals surface area contributed by atoms with Crippen molar-refractivity contribution >= 4 is 5.91 Å². The molecule has 1 aliphatic heterocycles. The van der Waals surface area contributed by atoms with E-state index in [1.54, 1.807) is 23.5 Å². The summed E-state index contributed by atoms with van der Waals surface area (Å²) < 4.78 is 5.70. The number of carbonyl (C=O) groups is 1. The van der Waals surface area contributed by atoms with Crippen LogP contribution >= 0.6 is 0 Å². The first-order chi connectivity index (χ1) is 11.8. The van der Waals surface area contributed by atoms with Gasteiger partial charge in [0, 0.05) is 38.2 Å². The van der Waals surface area contributed by atoms with Gasteiger partial charge < -0.3 is 9.64 Å². The highest BCUT2D eigenvalue weighted by Gasteiger charge is 2.24. The number of carbonyl (C=O) groups excluding carboxylic acids is 1. The Morgan fingerprint density at radius 3 is 2.75 bits per heavy atom. The second-order valence-electron chi connectivity index (χ2n) is 5.88. The van der Waals surface area contributed by atoms with Crippen molar-refractivity contribution < 1.29 is 9.53 Å². The predicted octanol–water partition coefficient (Wildman–Crippen LogP) is 2.26. The van der Waals surface area contributed by atoms with Gasteiger partial charge in [0.1, 0.15) is 5.82 Å². The zero-order chi connectivity index (χ0) is 16.8. The van der Waals surface area contributed by atoms with Gasteiger partial charge in [0.05, 0.1) is 23.9 Å². The van der Waals surface area contributed by atoms with Crippen LogP contribution in [-0.4, -0.2) is 45.0 Å². The fourth-order valence-corrected chi connectivity index (χ4v) is 2.77. The highest BCUT2D eigenvalue weighted by atomic mass is 16.5. The second-order valence-corrected chi connectivity index (χ2v) is 5.88. The smallest absolute Gasteiger partial charge is 0.257 e. The van der Waals surface area contributed by atoms with E-state index in [2.05, 4.69) is 15.0 Å². The van der Waals surface area contributed by atoms with Crippen LogP contribution in [0.5, 0.6) is 0 Å². The van der Waals surface area contributed by atoms with Crippen molar-refractivity contribution in [3.8, 4) is 0 Å². The number of aromatic nitrogens is 3. The molecule has 0 N–H and O–H groups in total. The quantitative estimate of drug-likeness (QED) is 0.814. The first kappa shape index (κ1) is 16.5. The summed E-state index contributed by atoms with van der Waals surface area (Å²) in [6.07, 6.45) is 7.82. The maximum absolute atomic E-state index is 12.9. The molecule has 2 aromatic rings. The Morgan fingerprint density at radius 1 is 1.29 bits per heavy atom. The largest absolute Gasteiger partial charge is 0.376 e. The van der Waals surface area contributed by atoms with Crippen LogP contribution in [0.4, 0.5) is 0 Å². The predicted molar refractivity (Wildman–Crippen MR) is 89.4 cm³/mol. The number of hydrogen-bond acceptors (Lipinski definition) is 5. The number of hydrogen-bond donors (Lipinski definition) is 0. The van der Waals surface area contributed by atoms with E-state index in [-0.39, 0.29) is 12.0 Å². The molecule has 24 heavy (non-hydrogen) atoms. The number of rotatable bonds is 6. The van der Waals surface area contributed by atoms with Crippen LogP contribution in [-0.2, 0) is 17.7 Å². The van der Waals surface area contributed by atoms with Crippen LogP contribution in [0.1, 0.15) is 41.6 Å². The minimum absolute atomic E-state index is 0.0844. The van der Waals surface area contributed by atoms with Gasteiger partial charge in [-0.2, -0.15) is 0 Å². The summed E-state index contributed by atoms with van der Waals surface area (Å²) in [5.41, 5.74) is 1.36. The van der Waals surface area contributed by atoms with Crippen molar-refractivity contribution in [1.29, 1.82) is 0 Å². The number of aryl methyl sites for hydroxylation is 1. The first-order valence-electron chi connectivity index (χ1n) is 8.38. The third-order valence-corrected chi connectivity index (χ3v) is 4.08. The molecule has 0 radical (unpaired) electrons. The Morgan fingerprint density at radius 2 is 2.12 bits per heavy atom. The number of amides is 1. The van der Waals surface area contributed by atoms with E-state index in [9.17, 15) is 4.79 Å². The lowest BCUT2D eigenvalue weighted by Gasteiger charge is -2.25. The van der Waals surface area contributed by atoms with Crippen molar-refractivity contribution in [3.05, 3.63) is 53.9 Å². The summed E-state index contributed by atoms with van der Waals surface area (Å²) >= 11 is 0. The van der Waals surface area contributed by atoms with Crippen LogP contribution in [0.15, 0.2) is 36.8 Å². The molecule has 0 spiro atoms. The SMILES string of the molecule is CCc1ncc(C(=O)N(Cc2ccccn2)C[C@H]2CCCO2)cn1. The summed E-state index contributed by atoms with van der Waals surface area (Å²) in [7, 11) is 0. The average Bonchev–Trinajstić information content (AvgIpc) is 3.15. The van der Waals surface area contributed by atoms with Crippen molar-refractivity contribution in [2.45, 2.75) is 38.8 Å². The summed E-state index contributed by atoms with van der Waals surface area (Å²) in [5.74, 6) is 0.653. The number of pyridine rings is 1. The molecule has 1 fully saturated rings. The molecule has 0 saturated carbocycles. The lowest BCUT2D eigenvalue weighted by molar-refractivity contribution is 0.0503. The number of ether oxygens (including phenoxy) is 1. The van der Waals surface area contributed by atoms with E-state index in [0.717, 1.165) is 37.4 Å². The molecule has 1 aliphatic rings. The van der Waals surface area contributed by atoms with Gasteiger partial charge in [0.2, 0.25) is 0 Å². The molecule has 126 valence electrons. The second kappa shape index (κ2) is 7.97. The Kier molecular flexibility index (Phi) is 5.48. The number of nitrogens with zero attached hydrogens (tertiary/aromatic N) is 4. The zero-order valence-corrected chi connectivity index (χ0v) is 13.9. The monoisotopic (exact) mass is 326 g/mol. The highest BCUT2D eigenvalue weighted by molar-refractivity contribution is 5.93. The topological polar surface area (TPSA) is 68.2 Å². The fourth-order valence-electron chi connectivity index (χ4n) is 2.77. The van der Waals surface area contributed by atoms with E-state index in [4.69, 9.17) is 4.74 Å². The van der Waals surface area contributed by atoms with Crippen LogP contribution in [0.25, 0.3) is 0 Å². The Hall–Kier alpha value is -2.34. The van der Waals surface area contributed by atoms with Crippen molar-refractivity contribution in [3.63, 3.8) is 0 Å². The Bertz CT molecular complexity index is 654. The third kappa shape index (κ3) is 4.14. The van der Waals surface area contributed by atoms with Crippen LogP contribution in [0, 0.1) is 0 Å². The van der Waals surface area contributed by atoms with Gasteiger partial charge in [0.15, 0.2) is 0 Å². The Balaban J connectivity index is 1.77. The van der Waals surface area contributed by atoms with Crippen molar-refractivity contribution in [2.75, 3.05) is 13.2 Å².